The topological polar surface area (TPSA) is 120 Å². The van der Waals surface area contributed by atoms with Crippen molar-refractivity contribution >= 4 is 34.3 Å². The van der Waals surface area contributed by atoms with Gasteiger partial charge >= 0.3 is 6.03 Å². The molecular formula is C27H24FN7O2. The second kappa shape index (κ2) is 9.94. The SMILES string of the molecule is CC(C)c1cc(NC(=O)Nc2ccc(Oc3ccnc(N)c3)cc2F)n(-c2ccc3ncccc3c2)n1. The zero-order valence-electron chi connectivity index (χ0n) is 20.1. The number of benzene rings is 2. The highest BCUT2D eigenvalue weighted by molar-refractivity contribution is 5.99. The van der Waals surface area contributed by atoms with Crippen molar-refractivity contribution in [2.24, 2.45) is 0 Å². The van der Waals surface area contributed by atoms with Crippen LogP contribution in [0.25, 0.3) is 16.6 Å². The summed E-state index contributed by atoms with van der Waals surface area (Å²) in [5.41, 5.74) is 8.04. The average molecular weight is 498 g/mol. The number of aromatic nitrogens is 4. The normalized spacial score (nSPS) is 11.0. The molecule has 2 amide bonds. The van der Waals surface area contributed by atoms with Gasteiger partial charge in [0.2, 0.25) is 0 Å². The third-order valence-corrected chi connectivity index (χ3v) is 5.57. The molecule has 186 valence electrons. The van der Waals surface area contributed by atoms with Gasteiger partial charge in [0.15, 0.2) is 0 Å². The Hall–Kier alpha value is -4.99. The molecule has 0 saturated heterocycles. The fourth-order valence-corrected chi connectivity index (χ4v) is 3.72. The predicted molar refractivity (Wildman–Crippen MR) is 141 cm³/mol. The lowest BCUT2D eigenvalue weighted by Crippen LogP contribution is -2.22. The van der Waals surface area contributed by atoms with Crippen LogP contribution in [0.1, 0.15) is 25.5 Å². The number of carbonyl (C=O) groups excluding carboxylic acids is 1. The first-order chi connectivity index (χ1) is 17.9. The summed E-state index contributed by atoms with van der Waals surface area (Å²) in [6.07, 6.45) is 3.22. The molecule has 3 aromatic heterocycles. The lowest BCUT2D eigenvalue weighted by atomic mass is 10.1. The highest BCUT2D eigenvalue weighted by Crippen LogP contribution is 2.27. The third kappa shape index (κ3) is 5.32. The van der Waals surface area contributed by atoms with Crippen molar-refractivity contribution < 1.29 is 13.9 Å². The molecule has 0 atom stereocenters. The van der Waals surface area contributed by atoms with Gasteiger partial charge in [-0.25, -0.2) is 18.9 Å². The van der Waals surface area contributed by atoms with E-state index < -0.39 is 11.8 Å². The summed E-state index contributed by atoms with van der Waals surface area (Å²) < 4.78 is 22.0. The van der Waals surface area contributed by atoms with E-state index in [4.69, 9.17) is 10.5 Å². The molecule has 0 saturated carbocycles. The van der Waals surface area contributed by atoms with E-state index >= 15 is 0 Å². The van der Waals surface area contributed by atoms with Gasteiger partial charge in [-0.05, 0) is 48.4 Å². The zero-order chi connectivity index (χ0) is 25.9. The maximum atomic E-state index is 14.8. The number of hydrogen-bond acceptors (Lipinski definition) is 6. The highest BCUT2D eigenvalue weighted by atomic mass is 19.1. The van der Waals surface area contributed by atoms with E-state index in [0.29, 0.717) is 11.6 Å². The van der Waals surface area contributed by atoms with Gasteiger partial charge in [0.1, 0.15) is 29.0 Å². The summed E-state index contributed by atoms with van der Waals surface area (Å²) >= 11 is 0. The summed E-state index contributed by atoms with van der Waals surface area (Å²) in [7, 11) is 0. The number of nitrogens with zero attached hydrogens (tertiary/aromatic N) is 4. The number of nitrogens with two attached hydrogens (primary N) is 1. The third-order valence-electron chi connectivity index (χ3n) is 5.57. The number of anilines is 3. The summed E-state index contributed by atoms with van der Waals surface area (Å²) in [6, 6.07) is 18.0. The Morgan fingerprint density at radius 1 is 0.973 bits per heavy atom. The standard InChI is InChI=1S/C27H24FN7O2/c1-16(2)24-15-26(35(34-24)18-5-7-22-17(12-18)4-3-10-30-22)33-27(36)32-23-8-6-19(13-21(23)28)37-20-9-11-31-25(29)14-20/h3-16H,1-2H3,(H2,29,31)(H2,32,33,36). The smallest absolute Gasteiger partial charge is 0.324 e. The molecular weight excluding hydrogens is 473 g/mol. The highest BCUT2D eigenvalue weighted by Gasteiger charge is 2.16. The molecule has 0 radical (unpaired) electrons. The van der Waals surface area contributed by atoms with E-state index in [1.807, 2.05) is 44.2 Å². The first-order valence-electron chi connectivity index (χ1n) is 11.6. The number of nitrogen functional groups attached to an aromatic ring is 1. The number of halogens is 1. The zero-order valence-corrected chi connectivity index (χ0v) is 20.1. The quantitative estimate of drug-likeness (QED) is 0.261. The minimum Gasteiger partial charge on any atom is -0.457 e. The number of hydrogen-bond donors (Lipinski definition) is 3. The van der Waals surface area contributed by atoms with Crippen molar-refractivity contribution in [2.45, 2.75) is 19.8 Å². The van der Waals surface area contributed by atoms with Gasteiger partial charge in [0.05, 0.1) is 22.6 Å². The van der Waals surface area contributed by atoms with Crippen molar-refractivity contribution in [3.8, 4) is 17.2 Å². The molecule has 10 heteroatoms. The Labute approximate surface area is 212 Å². The molecule has 0 aliphatic rings. The summed E-state index contributed by atoms with van der Waals surface area (Å²) in [4.78, 5) is 21.1. The van der Waals surface area contributed by atoms with Crippen LogP contribution in [0.4, 0.5) is 26.5 Å². The number of fused-ring (bicyclic) bond motifs is 1. The maximum absolute atomic E-state index is 14.8. The largest absolute Gasteiger partial charge is 0.457 e. The van der Waals surface area contributed by atoms with Gasteiger partial charge in [-0.2, -0.15) is 5.10 Å². The molecule has 3 heterocycles. The number of urea groups is 1. The van der Waals surface area contributed by atoms with Gasteiger partial charge in [-0.3, -0.25) is 10.3 Å². The molecule has 0 aliphatic heterocycles. The van der Waals surface area contributed by atoms with E-state index in [2.05, 4.69) is 25.7 Å². The Balaban J connectivity index is 1.35. The lowest BCUT2D eigenvalue weighted by Gasteiger charge is -2.12. The van der Waals surface area contributed by atoms with Crippen molar-refractivity contribution in [1.29, 1.82) is 0 Å². The van der Waals surface area contributed by atoms with E-state index in [0.717, 1.165) is 22.3 Å². The predicted octanol–water partition coefficient (Wildman–Crippen LogP) is 6.10. The minimum absolute atomic E-state index is 0.00831. The van der Waals surface area contributed by atoms with Crippen molar-refractivity contribution in [3.05, 3.63) is 90.6 Å². The van der Waals surface area contributed by atoms with Crippen molar-refractivity contribution in [2.75, 3.05) is 16.4 Å². The van der Waals surface area contributed by atoms with Crippen LogP contribution in [0.5, 0.6) is 11.5 Å². The Morgan fingerprint density at radius 3 is 2.59 bits per heavy atom. The van der Waals surface area contributed by atoms with Crippen LogP contribution in [-0.2, 0) is 0 Å². The molecule has 4 N–H and O–H groups in total. The number of rotatable bonds is 6. The first-order valence-corrected chi connectivity index (χ1v) is 11.6. The molecule has 0 bridgehead atoms. The number of pyridine rings is 2. The maximum Gasteiger partial charge on any atom is 0.324 e. The number of carbonyl (C=O) groups is 1. The van der Waals surface area contributed by atoms with Gasteiger partial charge in [-0.1, -0.05) is 19.9 Å². The number of nitrogens with one attached hydrogen (secondary N) is 2. The molecule has 0 fully saturated rings. The number of ether oxygens (including phenoxy) is 1. The van der Waals surface area contributed by atoms with Crippen LogP contribution >= 0.6 is 0 Å². The monoisotopic (exact) mass is 497 g/mol. The van der Waals surface area contributed by atoms with E-state index in [1.165, 1.54) is 24.4 Å². The van der Waals surface area contributed by atoms with Crippen LogP contribution in [0.15, 0.2) is 79.1 Å². The second-order valence-electron chi connectivity index (χ2n) is 8.64. The molecule has 5 aromatic rings. The van der Waals surface area contributed by atoms with Crippen LogP contribution in [0.3, 0.4) is 0 Å². The molecule has 2 aromatic carbocycles. The Morgan fingerprint density at radius 2 is 1.81 bits per heavy atom. The molecule has 5 rings (SSSR count). The van der Waals surface area contributed by atoms with Gasteiger partial charge in [0, 0.05) is 36.0 Å². The second-order valence-corrected chi connectivity index (χ2v) is 8.64. The van der Waals surface area contributed by atoms with E-state index in [1.54, 1.807) is 29.1 Å². The van der Waals surface area contributed by atoms with Gasteiger partial charge < -0.3 is 15.8 Å². The summed E-state index contributed by atoms with van der Waals surface area (Å²) in [5, 5.41) is 10.9. The Kier molecular flexibility index (Phi) is 6.38. The van der Waals surface area contributed by atoms with E-state index in [9.17, 15) is 9.18 Å². The van der Waals surface area contributed by atoms with Crippen molar-refractivity contribution in [3.63, 3.8) is 0 Å². The molecule has 0 unspecified atom stereocenters. The summed E-state index contributed by atoms with van der Waals surface area (Å²) in [6.45, 7) is 4.03. The fourth-order valence-electron chi connectivity index (χ4n) is 3.72. The minimum atomic E-state index is -0.659. The van der Waals surface area contributed by atoms with Crippen LogP contribution in [-0.4, -0.2) is 25.8 Å². The van der Waals surface area contributed by atoms with Crippen LogP contribution in [0.2, 0.25) is 0 Å². The van der Waals surface area contributed by atoms with Crippen LogP contribution in [0, 0.1) is 5.82 Å². The molecule has 9 nitrogen and oxygen atoms in total. The van der Waals surface area contributed by atoms with Crippen LogP contribution < -0.4 is 21.1 Å². The average Bonchev–Trinajstić information content (AvgIpc) is 3.29. The first kappa shape index (κ1) is 23.7. The van der Waals surface area contributed by atoms with Crippen molar-refractivity contribution in [1.82, 2.24) is 19.7 Å². The van der Waals surface area contributed by atoms with E-state index in [-0.39, 0.29) is 23.2 Å². The lowest BCUT2D eigenvalue weighted by molar-refractivity contribution is 0.262. The molecule has 37 heavy (non-hydrogen) atoms. The van der Waals surface area contributed by atoms with Gasteiger partial charge in [-0.15, -0.1) is 0 Å². The van der Waals surface area contributed by atoms with Gasteiger partial charge in [0.25, 0.3) is 0 Å². The summed E-state index contributed by atoms with van der Waals surface area (Å²) in [5.74, 6) is 0.873. The molecule has 0 aliphatic carbocycles. The Bertz CT molecular complexity index is 1600. The number of amides is 2. The molecule has 0 spiro atoms. The fraction of sp³-hybridized carbons (Fsp3) is 0.111.